The largest absolute Gasteiger partial charge is 0.363 e. The molecule has 1 saturated carbocycles. The maximum atomic E-state index is 5.03. The molecule has 11 heavy (non-hydrogen) atoms. The van der Waals surface area contributed by atoms with Crippen LogP contribution in [0.5, 0.6) is 0 Å². The van der Waals surface area contributed by atoms with Crippen molar-refractivity contribution < 1.29 is 0 Å². The molecule has 0 aliphatic heterocycles. The summed E-state index contributed by atoms with van der Waals surface area (Å²) in [5.74, 6) is 0. The summed E-state index contributed by atoms with van der Waals surface area (Å²) in [5.41, 5.74) is 0.541. The van der Waals surface area contributed by atoms with Gasteiger partial charge in [0.05, 0.1) is 0 Å². The van der Waals surface area contributed by atoms with Crippen molar-refractivity contribution in [2.45, 2.75) is 26.7 Å². The van der Waals surface area contributed by atoms with Crippen molar-refractivity contribution in [1.29, 1.82) is 0 Å². The summed E-state index contributed by atoms with van der Waals surface area (Å²) < 4.78 is 0. The van der Waals surface area contributed by atoms with E-state index in [0.717, 1.165) is 18.2 Å². The van der Waals surface area contributed by atoms with Crippen molar-refractivity contribution in [1.82, 2.24) is 10.6 Å². The molecule has 0 amide bonds. The fourth-order valence-electron chi connectivity index (χ4n) is 0.907. The second-order valence-corrected chi connectivity index (χ2v) is 3.93. The summed E-state index contributed by atoms with van der Waals surface area (Å²) in [6, 6.07) is 0. The van der Waals surface area contributed by atoms with E-state index >= 15 is 0 Å². The molecule has 2 N–H and O–H groups in total. The molecule has 1 aliphatic carbocycles. The van der Waals surface area contributed by atoms with E-state index in [9.17, 15) is 0 Å². The Morgan fingerprint density at radius 2 is 2.09 bits per heavy atom. The number of rotatable bonds is 3. The molecule has 2 nitrogen and oxygen atoms in total. The SMILES string of the molecule is CCNC(=S)NCC1(C)CC1. The van der Waals surface area contributed by atoms with Crippen LogP contribution in [0.3, 0.4) is 0 Å². The molecule has 0 aromatic rings. The highest BCUT2D eigenvalue weighted by atomic mass is 32.1. The molecule has 1 fully saturated rings. The molecule has 0 radical (unpaired) electrons. The van der Waals surface area contributed by atoms with Crippen LogP contribution >= 0.6 is 12.2 Å². The van der Waals surface area contributed by atoms with Crippen molar-refractivity contribution in [3.63, 3.8) is 0 Å². The van der Waals surface area contributed by atoms with Crippen LogP contribution in [-0.2, 0) is 0 Å². The topological polar surface area (TPSA) is 24.1 Å². The fraction of sp³-hybridized carbons (Fsp3) is 0.875. The summed E-state index contributed by atoms with van der Waals surface area (Å²) in [6.45, 7) is 6.27. The third kappa shape index (κ3) is 3.06. The average Bonchev–Trinajstić information content (AvgIpc) is 2.66. The van der Waals surface area contributed by atoms with E-state index < -0.39 is 0 Å². The number of nitrogens with one attached hydrogen (secondary N) is 2. The van der Waals surface area contributed by atoms with Crippen LogP contribution in [0.4, 0.5) is 0 Å². The van der Waals surface area contributed by atoms with Gasteiger partial charge in [-0.25, -0.2) is 0 Å². The van der Waals surface area contributed by atoms with Gasteiger partial charge in [-0.2, -0.15) is 0 Å². The molecule has 1 aliphatic rings. The monoisotopic (exact) mass is 172 g/mol. The van der Waals surface area contributed by atoms with E-state index in [2.05, 4.69) is 17.6 Å². The molecule has 3 heteroatoms. The Kier molecular flexibility index (Phi) is 2.71. The molecule has 64 valence electrons. The lowest BCUT2D eigenvalue weighted by Crippen LogP contribution is -2.37. The second kappa shape index (κ2) is 3.39. The van der Waals surface area contributed by atoms with Crippen LogP contribution in [-0.4, -0.2) is 18.2 Å². The van der Waals surface area contributed by atoms with Crippen molar-refractivity contribution >= 4 is 17.3 Å². The van der Waals surface area contributed by atoms with Gasteiger partial charge in [0.1, 0.15) is 0 Å². The fourth-order valence-corrected chi connectivity index (χ4v) is 1.12. The molecule has 0 unspecified atom stereocenters. The van der Waals surface area contributed by atoms with Gasteiger partial charge in [0.15, 0.2) is 5.11 Å². The van der Waals surface area contributed by atoms with Gasteiger partial charge in [0.2, 0.25) is 0 Å². The third-order valence-corrected chi connectivity index (χ3v) is 2.41. The molecule has 0 aromatic heterocycles. The average molecular weight is 172 g/mol. The van der Waals surface area contributed by atoms with E-state index in [-0.39, 0.29) is 0 Å². The Morgan fingerprint density at radius 1 is 1.45 bits per heavy atom. The van der Waals surface area contributed by atoms with Crippen LogP contribution < -0.4 is 10.6 Å². The van der Waals surface area contributed by atoms with Crippen molar-refractivity contribution in [3.05, 3.63) is 0 Å². The zero-order chi connectivity index (χ0) is 8.32. The highest BCUT2D eigenvalue weighted by Crippen LogP contribution is 2.43. The highest BCUT2D eigenvalue weighted by Gasteiger charge is 2.36. The molecule has 1 rings (SSSR count). The van der Waals surface area contributed by atoms with Crippen molar-refractivity contribution in [2.24, 2.45) is 5.41 Å². The van der Waals surface area contributed by atoms with Crippen molar-refractivity contribution in [3.8, 4) is 0 Å². The first-order valence-corrected chi connectivity index (χ1v) is 4.59. The third-order valence-electron chi connectivity index (χ3n) is 2.12. The van der Waals surface area contributed by atoms with Crippen LogP contribution in [0.25, 0.3) is 0 Å². The number of hydrogen-bond donors (Lipinski definition) is 2. The van der Waals surface area contributed by atoms with E-state index in [4.69, 9.17) is 12.2 Å². The van der Waals surface area contributed by atoms with Gasteiger partial charge in [0, 0.05) is 13.1 Å². The van der Waals surface area contributed by atoms with Crippen LogP contribution in [0.2, 0.25) is 0 Å². The highest BCUT2D eigenvalue weighted by molar-refractivity contribution is 7.80. The minimum Gasteiger partial charge on any atom is -0.363 e. The van der Waals surface area contributed by atoms with Crippen molar-refractivity contribution in [2.75, 3.05) is 13.1 Å². The van der Waals surface area contributed by atoms with Crippen LogP contribution in [0.15, 0.2) is 0 Å². The van der Waals surface area contributed by atoms with Gasteiger partial charge < -0.3 is 10.6 Å². The molecule has 0 bridgehead atoms. The summed E-state index contributed by atoms with van der Waals surface area (Å²) in [5, 5.41) is 7.06. The maximum Gasteiger partial charge on any atom is 0.166 e. The minimum absolute atomic E-state index is 0.541. The Balaban J connectivity index is 2.06. The maximum absolute atomic E-state index is 5.03. The zero-order valence-electron chi connectivity index (χ0n) is 7.24. The molecule has 0 aromatic carbocycles. The molecular formula is C8H16N2S. The summed E-state index contributed by atoms with van der Waals surface area (Å²) in [7, 11) is 0. The van der Waals surface area contributed by atoms with Gasteiger partial charge in [-0.05, 0) is 37.4 Å². The smallest absolute Gasteiger partial charge is 0.166 e. The quantitative estimate of drug-likeness (QED) is 0.627. The van der Waals surface area contributed by atoms with Gasteiger partial charge in [-0.1, -0.05) is 6.92 Å². The predicted octanol–water partition coefficient (Wildman–Crippen LogP) is 1.27. The molecule has 0 heterocycles. The Hall–Kier alpha value is -0.310. The second-order valence-electron chi connectivity index (χ2n) is 3.52. The first kappa shape index (κ1) is 8.78. The molecule has 0 atom stereocenters. The van der Waals surface area contributed by atoms with Gasteiger partial charge >= 0.3 is 0 Å². The lowest BCUT2D eigenvalue weighted by atomic mass is 10.1. The Morgan fingerprint density at radius 3 is 2.55 bits per heavy atom. The first-order valence-electron chi connectivity index (χ1n) is 4.18. The van der Waals surface area contributed by atoms with Gasteiger partial charge in [-0.15, -0.1) is 0 Å². The number of thiocarbonyl (C=S) groups is 1. The zero-order valence-corrected chi connectivity index (χ0v) is 8.05. The summed E-state index contributed by atoms with van der Waals surface area (Å²) >= 11 is 5.03. The Bertz CT molecular complexity index is 152. The lowest BCUT2D eigenvalue weighted by molar-refractivity contribution is 0.553. The molecule has 0 spiro atoms. The van der Waals surface area contributed by atoms with E-state index in [0.29, 0.717) is 5.41 Å². The van der Waals surface area contributed by atoms with Gasteiger partial charge in [-0.3, -0.25) is 0 Å². The normalized spacial score (nSPS) is 19.1. The summed E-state index contributed by atoms with van der Waals surface area (Å²) in [4.78, 5) is 0. The molecular weight excluding hydrogens is 156 g/mol. The van der Waals surface area contributed by atoms with Gasteiger partial charge in [0.25, 0.3) is 0 Å². The summed E-state index contributed by atoms with van der Waals surface area (Å²) in [6.07, 6.45) is 2.68. The van der Waals surface area contributed by atoms with E-state index in [1.54, 1.807) is 0 Å². The minimum atomic E-state index is 0.541. The standard InChI is InChI=1S/C8H16N2S/c1-3-9-7(11)10-6-8(2)4-5-8/h3-6H2,1-2H3,(H2,9,10,11). The Labute approximate surface area is 73.7 Å². The number of hydrogen-bond acceptors (Lipinski definition) is 1. The first-order chi connectivity index (χ1) is 5.16. The van der Waals surface area contributed by atoms with E-state index in [1.807, 2.05) is 6.92 Å². The van der Waals surface area contributed by atoms with Crippen LogP contribution in [0.1, 0.15) is 26.7 Å². The molecule has 0 saturated heterocycles. The predicted molar refractivity (Wildman–Crippen MR) is 51.6 cm³/mol. The van der Waals surface area contributed by atoms with E-state index in [1.165, 1.54) is 12.8 Å². The lowest BCUT2D eigenvalue weighted by Gasteiger charge is -2.12. The van der Waals surface area contributed by atoms with Crippen LogP contribution in [0, 0.1) is 5.41 Å².